The van der Waals surface area contributed by atoms with Gasteiger partial charge in [0.25, 0.3) is 5.56 Å². The molecule has 27 heavy (non-hydrogen) atoms. The molecule has 3 heterocycles. The van der Waals surface area contributed by atoms with Crippen LogP contribution in [-0.2, 0) is 11.2 Å². The van der Waals surface area contributed by atoms with Crippen LogP contribution in [0.15, 0.2) is 33.9 Å². The van der Waals surface area contributed by atoms with E-state index in [0.29, 0.717) is 6.54 Å². The predicted molar refractivity (Wildman–Crippen MR) is 98.2 cm³/mol. The molecule has 2 aromatic heterocycles. The Bertz CT molecular complexity index is 1050. The van der Waals surface area contributed by atoms with Crippen LogP contribution in [0.25, 0.3) is 11.0 Å². The van der Waals surface area contributed by atoms with Crippen molar-refractivity contribution < 1.29 is 4.79 Å². The van der Waals surface area contributed by atoms with Crippen molar-refractivity contribution in [1.29, 1.82) is 0 Å². The highest BCUT2D eigenvalue weighted by atomic mass is 16.2. The van der Waals surface area contributed by atoms with E-state index in [0.717, 1.165) is 36.1 Å². The fourth-order valence-electron chi connectivity index (χ4n) is 3.56. The second kappa shape index (κ2) is 7.18. The molecule has 0 aliphatic carbocycles. The number of fused-ring (bicyclic) bond motifs is 1. The summed E-state index contributed by atoms with van der Waals surface area (Å²) in [6.07, 6.45) is 3.16. The summed E-state index contributed by atoms with van der Waals surface area (Å²) in [5.41, 5.74) is 0.777. The number of H-pyrrole nitrogens is 3. The molecule has 0 spiro atoms. The maximum atomic E-state index is 12.8. The molecule has 9 heteroatoms. The molecule has 9 nitrogen and oxygen atoms in total. The SMILES string of the molecule is O=C(CCc1n[nH]c(=O)[nH]c1=O)N1CCCC[C@@H]1c1nc2ccccc2[nH]1. The van der Waals surface area contributed by atoms with E-state index >= 15 is 0 Å². The van der Waals surface area contributed by atoms with Crippen LogP contribution < -0.4 is 11.2 Å². The highest BCUT2D eigenvalue weighted by Crippen LogP contribution is 2.31. The molecule has 0 radical (unpaired) electrons. The van der Waals surface area contributed by atoms with Gasteiger partial charge < -0.3 is 9.88 Å². The molecule has 0 bridgehead atoms. The number of carbonyl (C=O) groups is 1. The first-order valence-corrected chi connectivity index (χ1v) is 9.04. The second-order valence-corrected chi connectivity index (χ2v) is 6.69. The maximum absolute atomic E-state index is 12.8. The van der Waals surface area contributed by atoms with Crippen LogP contribution in [0.1, 0.15) is 43.2 Å². The normalized spacial score (nSPS) is 17.3. The first-order valence-electron chi connectivity index (χ1n) is 9.04. The molecule has 1 amide bonds. The third-order valence-electron chi connectivity index (χ3n) is 4.90. The zero-order valence-corrected chi connectivity index (χ0v) is 14.7. The lowest BCUT2D eigenvalue weighted by Crippen LogP contribution is -2.39. The summed E-state index contributed by atoms with van der Waals surface area (Å²) in [6.45, 7) is 0.663. The molecule has 1 fully saturated rings. The molecule has 0 unspecified atom stereocenters. The second-order valence-electron chi connectivity index (χ2n) is 6.69. The number of aryl methyl sites for hydroxylation is 1. The van der Waals surface area contributed by atoms with Gasteiger partial charge in [-0.25, -0.2) is 14.9 Å². The van der Waals surface area contributed by atoms with Gasteiger partial charge >= 0.3 is 5.69 Å². The van der Waals surface area contributed by atoms with Gasteiger partial charge in [-0.2, -0.15) is 5.10 Å². The number of hydrogen-bond donors (Lipinski definition) is 3. The van der Waals surface area contributed by atoms with Crippen LogP contribution in [0, 0.1) is 0 Å². The van der Waals surface area contributed by atoms with E-state index in [1.807, 2.05) is 29.2 Å². The van der Waals surface area contributed by atoms with Crippen molar-refractivity contribution >= 4 is 16.9 Å². The number of aromatic nitrogens is 5. The summed E-state index contributed by atoms with van der Waals surface area (Å²) in [5, 5.41) is 5.92. The van der Waals surface area contributed by atoms with Crippen LogP contribution >= 0.6 is 0 Å². The first kappa shape index (κ1) is 17.2. The average molecular weight is 368 g/mol. The van der Waals surface area contributed by atoms with Crippen LogP contribution in [-0.4, -0.2) is 42.5 Å². The number of carbonyl (C=O) groups excluding carboxylic acids is 1. The lowest BCUT2D eigenvalue weighted by Gasteiger charge is -2.34. The lowest BCUT2D eigenvalue weighted by atomic mass is 10.0. The van der Waals surface area contributed by atoms with Gasteiger partial charge in [-0.05, 0) is 31.4 Å². The maximum Gasteiger partial charge on any atom is 0.342 e. The summed E-state index contributed by atoms with van der Waals surface area (Å²) >= 11 is 0. The van der Waals surface area contributed by atoms with E-state index in [1.165, 1.54) is 0 Å². The van der Waals surface area contributed by atoms with E-state index in [4.69, 9.17) is 0 Å². The molecule has 3 N–H and O–H groups in total. The molecule has 0 saturated carbocycles. The summed E-state index contributed by atoms with van der Waals surface area (Å²) in [7, 11) is 0. The number of hydrogen-bond acceptors (Lipinski definition) is 5. The topological polar surface area (TPSA) is 128 Å². The van der Waals surface area contributed by atoms with Crippen molar-refractivity contribution in [3.63, 3.8) is 0 Å². The summed E-state index contributed by atoms with van der Waals surface area (Å²) in [4.78, 5) is 47.5. The Labute approximate surface area is 153 Å². The number of piperidine rings is 1. The zero-order valence-electron chi connectivity index (χ0n) is 14.7. The van der Waals surface area contributed by atoms with Crippen molar-refractivity contribution in [2.24, 2.45) is 0 Å². The van der Waals surface area contributed by atoms with Crippen LogP contribution in [0.2, 0.25) is 0 Å². The van der Waals surface area contributed by atoms with Crippen molar-refractivity contribution in [1.82, 2.24) is 30.0 Å². The predicted octanol–water partition coefficient (Wildman–Crippen LogP) is 1.02. The van der Waals surface area contributed by atoms with E-state index < -0.39 is 11.2 Å². The Morgan fingerprint density at radius 2 is 2.04 bits per heavy atom. The van der Waals surface area contributed by atoms with Crippen molar-refractivity contribution in [3.05, 3.63) is 56.6 Å². The van der Waals surface area contributed by atoms with E-state index in [-0.39, 0.29) is 30.5 Å². The fraction of sp³-hybridized carbons (Fsp3) is 0.389. The Morgan fingerprint density at radius 3 is 2.85 bits per heavy atom. The Balaban J connectivity index is 1.52. The number of benzene rings is 1. The molecule has 4 rings (SSSR count). The van der Waals surface area contributed by atoms with Crippen LogP contribution in [0.3, 0.4) is 0 Å². The minimum atomic E-state index is -0.656. The highest BCUT2D eigenvalue weighted by Gasteiger charge is 2.30. The number of nitrogens with one attached hydrogen (secondary N) is 3. The minimum Gasteiger partial charge on any atom is -0.340 e. The van der Waals surface area contributed by atoms with Gasteiger partial charge in [-0.3, -0.25) is 14.6 Å². The number of likely N-dealkylation sites (tertiary alicyclic amines) is 1. The quantitative estimate of drug-likeness (QED) is 0.633. The number of nitrogens with zero attached hydrogens (tertiary/aromatic N) is 3. The van der Waals surface area contributed by atoms with Gasteiger partial charge in [0, 0.05) is 19.4 Å². The van der Waals surface area contributed by atoms with Crippen molar-refractivity contribution in [2.75, 3.05) is 6.54 Å². The van der Waals surface area contributed by atoms with E-state index in [2.05, 4.69) is 25.1 Å². The number of aromatic amines is 3. The van der Waals surface area contributed by atoms with Gasteiger partial charge in [-0.15, -0.1) is 0 Å². The summed E-state index contributed by atoms with van der Waals surface area (Å²) < 4.78 is 0. The molecule has 1 saturated heterocycles. The fourth-order valence-corrected chi connectivity index (χ4v) is 3.56. The van der Waals surface area contributed by atoms with Crippen molar-refractivity contribution in [2.45, 2.75) is 38.1 Å². The molecule has 3 aromatic rings. The minimum absolute atomic E-state index is 0.0486. The summed E-state index contributed by atoms with van der Waals surface area (Å²) in [6, 6.07) is 7.70. The summed E-state index contributed by atoms with van der Waals surface area (Å²) in [5.74, 6) is 0.747. The molecule has 1 aliphatic rings. The molecule has 1 aromatic carbocycles. The van der Waals surface area contributed by atoms with E-state index in [1.54, 1.807) is 0 Å². The van der Waals surface area contributed by atoms with Gasteiger partial charge in [0.15, 0.2) is 0 Å². The van der Waals surface area contributed by atoms with Gasteiger partial charge in [0.1, 0.15) is 11.5 Å². The van der Waals surface area contributed by atoms with E-state index in [9.17, 15) is 14.4 Å². The first-order chi connectivity index (χ1) is 13.1. The number of rotatable bonds is 4. The van der Waals surface area contributed by atoms with Gasteiger partial charge in [-0.1, -0.05) is 12.1 Å². The third kappa shape index (κ3) is 3.53. The Morgan fingerprint density at radius 1 is 1.19 bits per heavy atom. The smallest absolute Gasteiger partial charge is 0.340 e. The highest BCUT2D eigenvalue weighted by molar-refractivity contribution is 5.78. The van der Waals surface area contributed by atoms with Crippen molar-refractivity contribution in [3.8, 4) is 0 Å². The molecular weight excluding hydrogens is 348 g/mol. The average Bonchev–Trinajstić information content (AvgIpc) is 3.11. The third-order valence-corrected chi connectivity index (χ3v) is 4.90. The van der Waals surface area contributed by atoms with Gasteiger partial charge in [0.2, 0.25) is 5.91 Å². The number of amides is 1. The zero-order chi connectivity index (χ0) is 18.8. The van der Waals surface area contributed by atoms with Crippen LogP contribution in [0.4, 0.5) is 0 Å². The lowest BCUT2D eigenvalue weighted by molar-refractivity contribution is -0.135. The number of imidazole rings is 1. The number of para-hydroxylation sites is 2. The Kier molecular flexibility index (Phi) is 4.57. The monoisotopic (exact) mass is 368 g/mol. The molecule has 1 aliphatic heterocycles. The van der Waals surface area contributed by atoms with Gasteiger partial charge in [0.05, 0.1) is 17.1 Å². The molecule has 1 atom stereocenters. The largest absolute Gasteiger partial charge is 0.342 e. The molecular formula is C18H20N6O3. The Hall–Kier alpha value is -3.23. The van der Waals surface area contributed by atoms with Crippen LogP contribution in [0.5, 0.6) is 0 Å². The molecule has 140 valence electrons. The standard InChI is InChI=1S/C18H20N6O3/c25-15(9-8-13-17(26)21-18(27)23-22-13)24-10-4-3-7-14(24)16-19-11-5-1-2-6-12(11)20-16/h1-2,5-6,14H,3-4,7-10H2,(H,19,20)(H2,21,23,26,27)/t14-/m1/s1.